The highest BCUT2D eigenvalue weighted by atomic mass is 32.2. The van der Waals surface area contributed by atoms with Crippen molar-refractivity contribution in [2.45, 2.75) is 37.9 Å². The second-order valence-electron chi connectivity index (χ2n) is 4.81. The van der Waals surface area contributed by atoms with Crippen LogP contribution in [0, 0.1) is 0 Å². The third-order valence-corrected chi connectivity index (χ3v) is 4.17. The van der Waals surface area contributed by atoms with Crippen molar-refractivity contribution in [2.75, 3.05) is 24.0 Å². The summed E-state index contributed by atoms with van der Waals surface area (Å²) in [5, 5.41) is 14.2. The number of hydrogen-bond donors (Lipinski definition) is 4. The predicted octanol–water partition coefficient (Wildman–Crippen LogP) is -0.106. The van der Waals surface area contributed by atoms with Crippen molar-refractivity contribution in [1.82, 2.24) is 10.6 Å². The molecule has 0 rings (SSSR count). The Morgan fingerprint density at radius 2 is 1.45 bits per heavy atom. The van der Waals surface area contributed by atoms with Crippen LogP contribution in [0.4, 0.5) is 0 Å². The van der Waals surface area contributed by atoms with Crippen LogP contribution in [-0.4, -0.2) is 65.0 Å². The smallest absolute Gasteiger partial charge is 0.326 e. The Labute approximate surface area is 139 Å². The molecule has 0 aliphatic heterocycles. The van der Waals surface area contributed by atoms with Crippen molar-refractivity contribution < 1.29 is 19.5 Å². The lowest BCUT2D eigenvalue weighted by atomic mass is 10.1. The van der Waals surface area contributed by atoms with E-state index >= 15 is 0 Å². The Balaban J connectivity index is 4.77. The van der Waals surface area contributed by atoms with Gasteiger partial charge in [0.25, 0.3) is 0 Å². The number of aliphatic carboxylic acids is 1. The standard InChI is InChI=1S/C13H25N3O4S2/c1-8(14)11(17)15-9(4-6-21-2)12(18)16-10(13(19)20)5-7-22-3/h8-10H,4-7,14H2,1-3H3,(H,15,17)(H,16,18)(H,19,20). The minimum absolute atomic E-state index is 0.332. The summed E-state index contributed by atoms with van der Waals surface area (Å²) in [4.78, 5) is 35.1. The van der Waals surface area contributed by atoms with Gasteiger partial charge in [-0.1, -0.05) is 0 Å². The Bertz CT molecular complexity index is 380. The summed E-state index contributed by atoms with van der Waals surface area (Å²) in [6, 6.07) is -2.46. The summed E-state index contributed by atoms with van der Waals surface area (Å²) >= 11 is 3.05. The monoisotopic (exact) mass is 351 g/mol. The quantitative estimate of drug-likeness (QED) is 0.410. The minimum atomic E-state index is -1.08. The molecule has 2 amide bonds. The zero-order chi connectivity index (χ0) is 17.1. The van der Waals surface area contributed by atoms with Crippen molar-refractivity contribution in [2.24, 2.45) is 5.73 Å². The SMILES string of the molecule is CSCCC(NC(=O)C(CCSC)NC(=O)C(C)N)C(=O)O. The summed E-state index contributed by atoms with van der Waals surface area (Å²) in [6.45, 7) is 1.53. The van der Waals surface area contributed by atoms with Crippen molar-refractivity contribution in [3.8, 4) is 0 Å². The lowest BCUT2D eigenvalue weighted by Gasteiger charge is -2.22. The fourth-order valence-electron chi connectivity index (χ4n) is 1.57. The van der Waals surface area contributed by atoms with E-state index in [0.29, 0.717) is 24.3 Å². The van der Waals surface area contributed by atoms with Gasteiger partial charge in [0.15, 0.2) is 0 Å². The minimum Gasteiger partial charge on any atom is -0.480 e. The van der Waals surface area contributed by atoms with Crippen molar-refractivity contribution in [1.29, 1.82) is 0 Å². The molecule has 0 aliphatic rings. The van der Waals surface area contributed by atoms with Crippen LogP contribution in [0.2, 0.25) is 0 Å². The molecule has 0 aliphatic carbocycles. The molecule has 5 N–H and O–H groups in total. The molecule has 0 aromatic carbocycles. The Hall–Kier alpha value is -0.930. The second-order valence-corrected chi connectivity index (χ2v) is 6.78. The number of nitrogens with two attached hydrogens (primary N) is 1. The number of carbonyl (C=O) groups excluding carboxylic acids is 2. The van der Waals surface area contributed by atoms with Crippen LogP contribution in [-0.2, 0) is 14.4 Å². The number of carbonyl (C=O) groups is 3. The number of amides is 2. The van der Waals surface area contributed by atoms with Gasteiger partial charge in [0, 0.05) is 0 Å². The average molecular weight is 351 g/mol. The summed E-state index contributed by atoms with van der Waals surface area (Å²) in [5.74, 6) is -0.711. The summed E-state index contributed by atoms with van der Waals surface area (Å²) in [6.07, 6.45) is 4.50. The van der Waals surface area contributed by atoms with Gasteiger partial charge in [-0.05, 0) is 43.8 Å². The molecule has 0 aromatic heterocycles. The van der Waals surface area contributed by atoms with Crippen LogP contribution < -0.4 is 16.4 Å². The Morgan fingerprint density at radius 1 is 1.00 bits per heavy atom. The molecule has 7 nitrogen and oxygen atoms in total. The molecule has 22 heavy (non-hydrogen) atoms. The zero-order valence-electron chi connectivity index (χ0n) is 13.1. The molecule has 0 spiro atoms. The first-order valence-corrected chi connectivity index (χ1v) is 9.69. The molecule has 0 aromatic rings. The molecule has 0 radical (unpaired) electrons. The van der Waals surface area contributed by atoms with Gasteiger partial charge < -0.3 is 21.5 Å². The van der Waals surface area contributed by atoms with E-state index in [1.165, 1.54) is 30.4 Å². The van der Waals surface area contributed by atoms with E-state index in [4.69, 9.17) is 10.8 Å². The first-order chi connectivity index (χ1) is 10.3. The molecular weight excluding hydrogens is 326 g/mol. The largest absolute Gasteiger partial charge is 0.480 e. The fourth-order valence-corrected chi connectivity index (χ4v) is 2.52. The fraction of sp³-hybridized carbons (Fsp3) is 0.769. The predicted molar refractivity (Wildman–Crippen MR) is 91.1 cm³/mol. The average Bonchev–Trinajstić information content (AvgIpc) is 2.46. The summed E-state index contributed by atoms with van der Waals surface area (Å²) in [5.41, 5.74) is 5.48. The third kappa shape index (κ3) is 8.50. The van der Waals surface area contributed by atoms with Gasteiger partial charge in [-0.25, -0.2) is 4.79 Å². The first kappa shape index (κ1) is 21.1. The van der Waals surface area contributed by atoms with Crippen molar-refractivity contribution >= 4 is 41.3 Å². The Morgan fingerprint density at radius 3 is 1.86 bits per heavy atom. The number of hydrogen-bond acceptors (Lipinski definition) is 6. The van der Waals surface area contributed by atoms with Gasteiger partial charge in [0.1, 0.15) is 12.1 Å². The first-order valence-electron chi connectivity index (χ1n) is 6.90. The van der Waals surface area contributed by atoms with Crippen LogP contribution >= 0.6 is 23.5 Å². The van der Waals surface area contributed by atoms with Gasteiger partial charge in [-0.15, -0.1) is 0 Å². The second kappa shape index (κ2) is 11.6. The van der Waals surface area contributed by atoms with E-state index in [1.54, 1.807) is 0 Å². The number of carboxylic acids is 1. The van der Waals surface area contributed by atoms with E-state index in [9.17, 15) is 14.4 Å². The lowest BCUT2D eigenvalue weighted by Crippen LogP contribution is -2.54. The van der Waals surface area contributed by atoms with Gasteiger partial charge in [-0.2, -0.15) is 23.5 Å². The van der Waals surface area contributed by atoms with E-state index in [1.807, 2.05) is 12.5 Å². The highest BCUT2D eigenvalue weighted by Crippen LogP contribution is 2.05. The van der Waals surface area contributed by atoms with Gasteiger partial charge >= 0.3 is 5.97 Å². The molecule has 3 atom stereocenters. The topological polar surface area (TPSA) is 122 Å². The number of thioether (sulfide) groups is 2. The maximum absolute atomic E-state index is 12.2. The highest BCUT2D eigenvalue weighted by molar-refractivity contribution is 7.98. The van der Waals surface area contributed by atoms with Crippen LogP contribution in [0.15, 0.2) is 0 Å². The maximum atomic E-state index is 12.2. The third-order valence-electron chi connectivity index (χ3n) is 2.88. The Kier molecular flexibility index (Phi) is 11.1. The summed E-state index contributed by atoms with van der Waals surface area (Å²) < 4.78 is 0. The van der Waals surface area contributed by atoms with Crippen molar-refractivity contribution in [3.63, 3.8) is 0 Å². The lowest BCUT2D eigenvalue weighted by molar-refractivity contribution is -0.142. The number of rotatable bonds is 11. The zero-order valence-corrected chi connectivity index (χ0v) is 14.8. The van der Waals surface area contributed by atoms with Crippen LogP contribution in [0.3, 0.4) is 0 Å². The van der Waals surface area contributed by atoms with E-state index < -0.39 is 35.9 Å². The van der Waals surface area contributed by atoms with E-state index in [-0.39, 0.29) is 0 Å². The van der Waals surface area contributed by atoms with Gasteiger partial charge in [0.05, 0.1) is 6.04 Å². The molecule has 0 bridgehead atoms. The molecule has 0 saturated heterocycles. The van der Waals surface area contributed by atoms with Crippen molar-refractivity contribution in [3.05, 3.63) is 0 Å². The number of nitrogens with one attached hydrogen (secondary N) is 2. The molecule has 0 saturated carbocycles. The molecule has 128 valence electrons. The molecule has 0 fully saturated rings. The number of carboxylic acid groups (broad SMARTS) is 1. The maximum Gasteiger partial charge on any atom is 0.326 e. The summed E-state index contributed by atoms with van der Waals surface area (Å²) in [7, 11) is 0. The molecule has 9 heteroatoms. The van der Waals surface area contributed by atoms with Gasteiger partial charge in [0.2, 0.25) is 11.8 Å². The van der Waals surface area contributed by atoms with Crippen LogP contribution in [0.25, 0.3) is 0 Å². The van der Waals surface area contributed by atoms with Crippen LogP contribution in [0.5, 0.6) is 0 Å². The normalized spacial score (nSPS) is 14.7. The van der Waals surface area contributed by atoms with E-state index in [2.05, 4.69) is 10.6 Å². The molecule has 3 unspecified atom stereocenters. The highest BCUT2D eigenvalue weighted by Gasteiger charge is 2.26. The van der Waals surface area contributed by atoms with E-state index in [0.717, 1.165) is 0 Å². The molecular formula is C13H25N3O4S2. The van der Waals surface area contributed by atoms with Crippen LogP contribution in [0.1, 0.15) is 19.8 Å². The molecule has 0 heterocycles. The van der Waals surface area contributed by atoms with Gasteiger partial charge in [-0.3, -0.25) is 9.59 Å².